The maximum atomic E-state index is 13.6. The summed E-state index contributed by atoms with van der Waals surface area (Å²) in [7, 11) is 0. The highest BCUT2D eigenvalue weighted by Crippen LogP contribution is 2.47. The SMILES string of the molecule is O=C(CNC(=O)c1ccccc1F)Nc1ccc2c(c1)OC1(CCCC1)O2. The van der Waals surface area contributed by atoms with E-state index in [-0.39, 0.29) is 12.1 Å². The predicted octanol–water partition coefficient (Wildman–Crippen LogP) is 3.24. The average Bonchev–Trinajstić information content (AvgIpc) is 3.25. The summed E-state index contributed by atoms with van der Waals surface area (Å²) in [5.74, 6) is -0.982. The predicted molar refractivity (Wildman–Crippen MR) is 96.3 cm³/mol. The Morgan fingerprint density at radius 1 is 1.04 bits per heavy atom. The molecule has 0 unspecified atom stereocenters. The van der Waals surface area contributed by atoms with Crippen LogP contribution in [0, 0.1) is 5.82 Å². The summed E-state index contributed by atoms with van der Waals surface area (Å²) >= 11 is 0. The summed E-state index contributed by atoms with van der Waals surface area (Å²) in [6.45, 7) is -0.272. The number of amides is 2. The van der Waals surface area contributed by atoms with Crippen molar-refractivity contribution in [3.05, 3.63) is 53.8 Å². The largest absolute Gasteiger partial charge is 0.448 e. The molecular weight excluding hydrogens is 351 g/mol. The van der Waals surface area contributed by atoms with E-state index in [2.05, 4.69) is 10.6 Å². The van der Waals surface area contributed by atoms with Crippen molar-refractivity contribution < 1.29 is 23.5 Å². The molecule has 7 heteroatoms. The number of carbonyl (C=O) groups excluding carboxylic acids is 2. The Kier molecular flexibility index (Phi) is 4.43. The normalized spacial score (nSPS) is 16.3. The van der Waals surface area contributed by atoms with Gasteiger partial charge in [-0.05, 0) is 37.1 Å². The van der Waals surface area contributed by atoms with Gasteiger partial charge in [0.15, 0.2) is 11.5 Å². The van der Waals surface area contributed by atoms with Crippen molar-refractivity contribution in [3.8, 4) is 11.5 Å². The fourth-order valence-corrected chi connectivity index (χ4v) is 3.40. The molecule has 2 amide bonds. The molecule has 1 spiro atoms. The van der Waals surface area contributed by atoms with Gasteiger partial charge in [-0.15, -0.1) is 0 Å². The summed E-state index contributed by atoms with van der Waals surface area (Å²) < 4.78 is 25.5. The van der Waals surface area contributed by atoms with Crippen LogP contribution in [0.3, 0.4) is 0 Å². The number of hydrogen-bond acceptors (Lipinski definition) is 4. The summed E-state index contributed by atoms with van der Waals surface area (Å²) in [5, 5.41) is 5.09. The molecule has 1 heterocycles. The Hall–Kier alpha value is -3.09. The number of fused-ring (bicyclic) bond motifs is 1. The Bertz CT molecular complexity index is 893. The molecule has 27 heavy (non-hydrogen) atoms. The smallest absolute Gasteiger partial charge is 0.254 e. The first kappa shape index (κ1) is 17.3. The number of halogens is 1. The Labute approximate surface area is 155 Å². The minimum atomic E-state index is -0.642. The van der Waals surface area contributed by atoms with Gasteiger partial charge in [-0.2, -0.15) is 0 Å². The first-order valence-electron chi connectivity index (χ1n) is 8.89. The number of nitrogens with one attached hydrogen (secondary N) is 2. The highest BCUT2D eigenvalue weighted by Gasteiger charge is 2.44. The van der Waals surface area contributed by atoms with Gasteiger partial charge in [-0.1, -0.05) is 12.1 Å². The number of rotatable bonds is 4. The van der Waals surface area contributed by atoms with Gasteiger partial charge in [0.2, 0.25) is 5.91 Å². The highest BCUT2D eigenvalue weighted by atomic mass is 19.1. The van der Waals surface area contributed by atoms with E-state index < -0.39 is 23.4 Å². The van der Waals surface area contributed by atoms with Crippen molar-refractivity contribution in [2.24, 2.45) is 0 Å². The van der Waals surface area contributed by atoms with Crippen molar-refractivity contribution in [3.63, 3.8) is 0 Å². The molecule has 1 saturated carbocycles. The van der Waals surface area contributed by atoms with Crippen LogP contribution in [0.25, 0.3) is 0 Å². The molecule has 0 aromatic heterocycles. The number of ether oxygens (including phenoxy) is 2. The summed E-state index contributed by atoms with van der Waals surface area (Å²) in [6.07, 6.45) is 3.84. The Morgan fingerprint density at radius 3 is 2.56 bits per heavy atom. The van der Waals surface area contributed by atoms with E-state index in [1.54, 1.807) is 24.3 Å². The van der Waals surface area contributed by atoms with E-state index in [0.29, 0.717) is 17.2 Å². The van der Waals surface area contributed by atoms with Gasteiger partial charge < -0.3 is 20.1 Å². The van der Waals surface area contributed by atoms with Crippen LogP contribution in [-0.4, -0.2) is 24.1 Å². The van der Waals surface area contributed by atoms with Crippen molar-refractivity contribution in [1.82, 2.24) is 5.32 Å². The molecule has 1 aliphatic heterocycles. The van der Waals surface area contributed by atoms with Crippen molar-refractivity contribution in [2.75, 3.05) is 11.9 Å². The second-order valence-electron chi connectivity index (χ2n) is 6.69. The molecular formula is C20H19FN2O4. The molecule has 140 valence electrons. The summed E-state index contributed by atoms with van der Waals surface area (Å²) in [4.78, 5) is 24.0. The third-order valence-electron chi connectivity index (χ3n) is 4.71. The summed E-state index contributed by atoms with van der Waals surface area (Å²) in [6, 6.07) is 10.8. The second-order valence-corrected chi connectivity index (χ2v) is 6.69. The van der Waals surface area contributed by atoms with Crippen LogP contribution in [0.5, 0.6) is 11.5 Å². The van der Waals surface area contributed by atoms with E-state index in [9.17, 15) is 14.0 Å². The van der Waals surface area contributed by atoms with E-state index in [0.717, 1.165) is 25.7 Å². The number of hydrogen-bond donors (Lipinski definition) is 2. The van der Waals surface area contributed by atoms with Crippen LogP contribution in [0.15, 0.2) is 42.5 Å². The third kappa shape index (κ3) is 3.58. The molecule has 2 N–H and O–H groups in total. The topological polar surface area (TPSA) is 76.7 Å². The quantitative estimate of drug-likeness (QED) is 0.866. The Balaban J connectivity index is 1.34. The van der Waals surface area contributed by atoms with Crippen molar-refractivity contribution >= 4 is 17.5 Å². The lowest BCUT2D eigenvalue weighted by molar-refractivity contribution is -0.115. The maximum Gasteiger partial charge on any atom is 0.254 e. The maximum absolute atomic E-state index is 13.6. The van der Waals surface area contributed by atoms with Crippen LogP contribution in [0.2, 0.25) is 0 Å². The third-order valence-corrected chi connectivity index (χ3v) is 4.71. The zero-order chi connectivity index (χ0) is 18.9. The van der Waals surface area contributed by atoms with E-state index in [1.807, 2.05) is 0 Å². The van der Waals surface area contributed by atoms with Gasteiger partial charge in [0.1, 0.15) is 5.82 Å². The zero-order valence-electron chi connectivity index (χ0n) is 14.6. The van der Waals surface area contributed by atoms with Gasteiger partial charge in [0.05, 0.1) is 12.1 Å². The lowest BCUT2D eigenvalue weighted by Gasteiger charge is -2.21. The van der Waals surface area contributed by atoms with Crippen molar-refractivity contribution in [1.29, 1.82) is 0 Å². The fourth-order valence-electron chi connectivity index (χ4n) is 3.40. The van der Waals surface area contributed by atoms with Gasteiger partial charge in [-0.25, -0.2) is 4.39 Å². The molecule has 0 bridgehead atoms. The van der Waals surface area contributed by atoms with E-state index in [1.165, 1.54) is 18.2 Å². The number of anilines is 1. The molecule has 0 radical (unpaired) electrons. The fraction of sp³-hybridized carbons (Fsp3) is 0.300. The average molecular weight is 370 g/mol. The molecule has 1 aliphatic carbocycles. The molecule has 2 aromatic carbocycles. The minimum absolute atomic E-state index is 0.102. The first-order valence-corrected chi connectivity index (χ1v) is 8.89. The van der Waals surface area contributed by atoms with Crippen LogP contribution in [0.4, 0.5) is 10.1 Å². The highest BCUT2D eigenvalue weighted by molar-refractivity contribution is 5.99. The lowest BCUT2D eigenvalue weighted by Crippen LogP contribution is -2.34. The van der Waals surface area contributed by atoms with Gasteiger partial charge in [0, 0.05) is 24.6 Å². The lowest BCUT2D eigenvalue weighted by atomic mass is 10.2. The molecule has 1 fully saturated rings. The van der Waals surface area contributed by atoms with E-state index in [4.69, 9.17) is 9.47 Å². The van der Waals surface area contributed by atoms with Gasteiger partial charge >= 0.3 is 0 Å². The van der Waals surface area contributed by atoms with Crippen LogP contribution in [0.1, 0.15) is 36.0 Å². The second kappa shape index (κ2) is 6.90. The van der Waals surface area contributed by atoms with Crippen LogP contribution in [-0.2, 0) is 4.79 Å². The van der Waals surface area contributed by atoms with Crippen LogP contribution < -0.4 is 20.1 Å². The Morgan fingerprint density at radius 2 is 1.78 bits per heavy atom. The molecule has 4 rings (SSSR count). The molecule has 0 atom stereocenters. The van der Waals surface area contributed by atoms with Gasteiger partial charge in [0.25, 0.3) is 11.7 Å². The molecule has 0 saturated heterocycles. The summed E-state index contributed by atoms with van der Waals surface area (Å²) in [5.41, 5.74) is 0.438. The van der Waals surface area contributed by atoms with E-state index >= 15 is 0 Å². The molecule has 6 nitrogen and oxygen atoms in total. The molecule has 2 aromatic rings. The standard InChI is InChI=1S/C20H19FN2O4/c21-15-6-2-1-5-14(15)19(25)22-12-18(24)23-13-7-8-16-17(11-13)27-20(26-16)9-3-4-10-20/h1-2,5-8,11H,3-4,9-10,12H2,(H,22,25)(H,23,24). The van der Waals surface area contributed by atoms with Gasteiger partial charge in [-0.3, -0.25) is 9.59 Å². The zero-order valence-corrected chi connectivity index (χ0v) is 14.6. The number of carbonyl (C=O) groups is 2. The minimum Gasteiger partial charge on any atom is -0.448 e. The van der Waals surface area contributed by atoms with Crippen LogP contribution >= 0.6 is 0 Å². The van der Waals surface area contributed by atoms with Crippen molar-refractivity contribution in [2.45, 2.75) is 31.5 Å². The monoisotopic (exact) mass is 370 g/mol. The first-order chi connectivity index (χ1) is 13.0. The number of benzene rings is 2. The molecule has 2 aliphatic rings.